The Kier molecular flexibility index (Phi) is 5.96. The number of amides is 1. The van der Waals surface area contributed by atoms with Crippen LogP contribution in [0.3, 0.4) is 0 Å². The third-order valence-corrected chi connectivity index (χ3v) is 9.62. The third-order valence-electron chi connectivity index (χ3n) is 6.95. The van der Waals surface area contributed by atoms with E-state index < -0.39 is 16.9 Å². The number of hydrogen-bond acceptors (Lipinski definition) is 8. The number of amidine groups is 1. The van der Waals surface area contributed by atoms with Crippen molar-refractivity contribution in [1.82, 2.24) is 9.62 Å². The molecule has 2 fully saturated rings. The van der Waals surface area contributed by atoms with E-state index in [0.717, 1.165) is 24.0 Å². The fourth-order valence-electron chi connectivity index (χ4n) is 5.43. The van der Waals surface area contributed by atoms with Crippen LogP contribution < -0.4 is 10.0 Å². The van der Waals surface area contributed by atoms with Gasteiger partial charge in [-0.3, -0.25) is 9.52 Å². The maximum Gasteiger partial charge on any atom is 0.261 e. The second-order valence-electron chi connectivity index (χ2n) is 8.88. The third kappa shape index (κ3) is 3.82. The van der Waals surface area contributed by atoms with Gasteiger partial charge in [-0.25, -0.2) is 8.60 Å². The number of aliphatic hydroxyl groups is 1. The van der Waals surface area contributed by atoms with Crippen LogP contribution in [0.15, 0.2) is 50.3 Å². The van der Waals surface area contributed by atoms with Crippen molar-refractivity contribution in [1.29, 1.82) is 0 Å². The summed E-state index contributed by atoms with van der Waals surface area (Å²) < 4.78 is 40.2. The molecule has 35 heavy (non-hydrogen) atoms. The van der Waals surface area contributed by atoms with Crippen molar-refractivity contribution in [3.05, 3.63) is 57.9 Å². The van der Waals surface area contributed by atoms with Crippen LogP contribution in [0.2, 0.25) is 0 Å². The van der Waals surface area contributed by atoms with Crippen molar-refractivity contribution in [2.45, 2.75) is 49.1 Å². The van der Waals surface area contributed by atoms with Gasteiger partial charge >= 0.3 is 0 Å². The average Bonchev–Trinajstić information content (AvgIpc) is 3.57. The number of hydrogen-bond donors (Lipinski definition) is 3. The van der Waals surface area contributed by atoms with Gasteiger partial charge in [-0.15, -0.1) is 11.3 Å². The molecule has 5 atom stereocenters. The predicted octanol–water partition coefficient (Wildman–Crippen LogP) is 3.50. The Morgan fingerprint density at radius 1 is 1.34 bits per heavy atom. The Balaban J connectivity index is 1.37. The maximum atomic E-state index is 13.8. The fraction of sp³-hybridized carbons (Fsp3) is 0.391. The van der Waals surface area contributed by atoms with E-state index in [1.165, 1.54) is 35.4 Å². The van der Waals surface area contributed by atoms with Crippen LogP contribution in [-0.2, 0) is 33.6 Å². The zero-order valence-electron chi connectivity index (χ0n) is 18.7. The lowest BCUT2D eigenvalue weighted by atomic mass is 9.78. The first-order valence-corrected chi connectivity index (χ1v) is 14.5. The summed E-state index contributed by atoms with van der Waals surface area (Å²) in [4.78, 5) is 16.1. The lowest BCUT2D eigenvalue weighted by Gasteiger charge is -2.42. The Labute approximate surface area is 212 Å². The summed E-state index contributed by atoms with van der Waals surface area (Å²) in [7, 11) is -1.72. The van der Waals surface area contributed by atoms with Crippen molar-refractivity contribution < 1.29 is 23.2 Å². The topological polar surface area (TPSA) is 103 Å². The number of carbonyl (C=O) groups excluding carboxylic acids is 1. The minimum absolute atomic E-state index is 0.0284. The van der Waals surface area contributed by atoms with E-state index in [1.807, 2.05) is 11.6 Å². The molecule has 2 aromatic rings. The summed E-state index contributed by atoms with van der Waals surface area (Å²) in [5.74, 6) is -1.09. The number of ether oxygens (including phenoxy) is 1. The molecule has 2 bridgehead atoms. The van der Waals surface area contributed by atoms with E-state index in [2.05, 4.69) is 14.4 Å². The van der Waals surface area contributed by atoms with Crippen molar-refractivity contribution in [2.24, 2.45) is 10.3 Å². The monoisotopic (exact) mass is 534 g/mol. The highest BCUT2D eigenvalue weighted by molar-refractivity contribution is 7.96. The minimum Gasteiger partial charge on any atom is -0.511 e. The fourth-order valence-corrected chi connectivity index (χ4v) is 7.98. The normalized spacial score (nSPS) is 29.2. The molecule has 3 N–H and O–H groups in total. The van der Waals surface area contributed by atoms with E-state index >= 15 is 0 Å². The Hall–Kier alpha value is -2.25. The number of nitrogens with one attached hydrogen (secondary N) is 2. The number of benzene rings is 1. The van der Waals surface area contributed by atoms with Crippen molar-refractivity contribution in [3.63, 3.8) is 0 Å². The highest BCUT2D eigenvalue weighted by Crippen LogP contribution is 2.48. The predicted molar refractivity (Wildman–Crippen MR) is 134 cm³/mol. The molecule has 2 saturated heterocycles. The molecular formula is C23H23FN4O4S3. The number of aliphatic hydroxyl groups excluding tert-OH is 1. The first kappa shape index (κ1) is 23.2. The molecule has 5 unspecified atom stereocenters. The van der Waals surface area contributed by atoms with E-state index in [4.69, 9.17) is 4.74 Å². The quantitative estimate of drug-likeness (QED) is 0.488. The van der Waals surface area contributed by atoms with E-state index in [-0.39, 0.29) is 53.7 Å². The lowest BCUT2D eigenvalue weighted by molar-refractivity contribution is -0.133. The van der Waals surface area contributed by atoms with Gasteiger partial charge in [0.05, 0.1) is 24.2 Å². The number of thiophene rings is 1. The van der Waals surface area contributed by atoms with E-state index in [9.17, 15) is 18.5 Å². The van der Waals surface area contributed by atoms with Crippen LogP contribution in [-0.4, -0.2) is 50.5 Å². The average molecular weight is 535 g/mol. The molecule has 6 rings (SSSR count). The summed E-state index contributed by atoms with van der Waals surface area (Å²) in [6, 6.07) is 5.72. The first-order chi connectivity index (χ1) is 17.0. The Bertz CT molecular complexity index is 1280. The standard InChI is InChI=1S/C23H23FN4O4S3/c1-33-25-8-12-10-34-22-20(12)35(31)27-21(26-22)17-19(29)16-14-6-7-15(32-14)18(16)28(23(17)30)9-11-2-4-13(24)5-3-11/h2-5,10,14-16,18,25,29H,6-9H2,1H3,(H,26,27). The van der Waals surface area contributed by atoms with Gasteiger partial charge in [0.1, 0.15) is 27.0 Å². The molecule has 0 radical (unpaired) electrons. The molecule has 5 heterocycles. The molecule has 184 valence electrons. The number of carbonyl (C=O) groups is 1. The molecule has 12 heteroatoms. The maximum absolute atomic E-state index is 13.8. The van der Waals surface area contributed by atoms with Gasteiger partial charge in [-0.2, -0.15) is 4.40 Å². The van der Waals surface area contributed by atoms with Crippen molar-refractivity contribution >= 4 is 51.0 Å². The van der Waals surface area contributed by atoms with Crippen LogP contribution in [0.1, 0.15) is 24.0 Å². The van der Waals surface area contributed by atoms with Gasteiger partial charge < -0.3 is 20.1 Å². The smallest absolute Gasteiger partial charge is 0.261 e. The molecule has 1 aromatic heterocycles. The first-order valence-electron chi connectivity index (χ1n) is 11.2. The molecule has 8 nitrogen and oxygen atoms in total. The number of halogens is 1. The summed E-state index contributed by atoms with van der Waals surface area (Å²) in [5, 5.41) is 17.0. The lowest BCUT2D eigenvalue weighted by Crippen LogP contribution is -2.55. The zero-order chi connectivity index (χ0) is 24.3. The highest BCUT2D eigenvalue weighted by atomic mass is 32.2. The summed E-state index contributed by atoms with van der Waals surface area (Å²) in [6.07, 6.45) is 3.17. The van der Waals surface area contributed by atoms with Crippen molar-refractivity contribution in [3.8, 4) is 0 Å². The van der Waals surface area contributed by atoms with E-state index in [0.29, 0.717) is 16.4 Å². The molecule has 0 spiro atoms. The molecule has 1 amide bonds. The summed E-state index contributed by atoms with van der Waals surface area (Å²) in [6.45, 7) is 0.780. The van der Waals surface area contributed by atoms with Gasteiger partial charge in [0, 0.05) is 13.1 Å². The number of anilines is 1. The largest absolute Gasteiger partial charge is 0.511 e. The van der Waals surface area contributed by atoms with Gasteiger partial charge in [-0.05, 0) is 47.7 Å². The van der Waals surface area contributed by atoms with Crippen LogP contribution in [0.5, 0.6) is 0 Å². The van der Waals surface area contributed by atoms with Crippen LogP contribution in [0.4, 0.5) is 9.39 Å². The SMILES string of the molecule is CSNCc1csc2c1S(=O)N=C(C1=C(O)C3C4CCC(O4)C3N(Cc3ccc(F)cc3)C1=O)N2. The number of nitrogens with zero attached hydrogens (tertiary/aromatic N) is 2. The highest BCUT2D eigenvalue weighted by Gasteiger charge is 2.58. The molecule has 4 aliphatic heterocycles. The van der Waals surface area contributed by atoms with Gasteiger partial charge in [-0.1, -0.05) is 24.1 Å². The van der Waals surface area contributed by atoms with Crippen LogP contribution >= 0.6 is 23.3 Å². The Morgan fingerprint density at radius 3 is 2.89 bits per heavy atom. The van der Waals surface area contributed by atoms with Gasteiger partial charge in [0.2, 0.25) is 0 Å². The molecule has 4 aliphatic rings. The second-order valence-corrected chi connectivity index (χ2v) is 11.6. The van der Waals surface area contributed by atoms with Crippen LogP contribution in [0, 0.1) is 11.7 Å². The number of rotatable bonds is 6. The molecule has 0 aliphatic carbocycles. The van der Waals surface area contributed by atoms with Crippen molar-refractivity contribution in [2.75, 3.05) is 11.6 Å². The van der Waals surface area contributed by atoms with Crippen LogP contribution in [0.25, 0.3) is 0 Å². The molecule has 0 saturated carbocycles. The zero-order valence-corrected chi connectivity index (χ0v) is 21.1. The van der Waals surface area contributed by atoms with Gasteiger partial charge in [0.25, 0.3) is 5.91 Å². The Morgan fingerprint density at radius 2 is 2.11 bits per heavy atom. The molecular weight excluding hydrogens is 511 g/mol. The number of fused-ring (bicyclic) bond motifs is 6. The summed E-state index contributed by atoms with van der Waals surface area (Å²) in [5.41, 5.74) is 1.68. The minimum atomic E-state index is -1.72. The molecule has 1 aromatic carbocycles. The van der Waals surface area contributed by atoms with E-state index in [1.54, 1.807) is 17.0 Å². The van der Waals surface area contributed by atoms with Gasteiger partial charge in [0.15, 0.2) is 16.8 Å². The second kappa shape index (κ2) is 9.00. The summed E-state index contributed by atoms with van der Waals surface area (Å²) >= 11 is 2.86.